The third kappa shape index (κ3) is 1.29. The highest BCUT2D eigenvalue weighted by Gasteiger charge is 2.27. The second-order valence-electron chi connectivity index (χ2n) is 4.78. The summed E-state index contributed by atoms with van der Waals surface area (Å²) in [7, 11) is 0. The van der Waals surface area contributed by atoms with E-state index in [9.17, 15) is 4.79 Å². The Morgan fingerprint density at radius 2 is 2.29 bits per heavy atom. The summed E-state index contributed by atoms with van der Waals surface area (Å²) in [4.78, 5) is 19.5. The van der Waals surface area contributed by atoms with Crippen LogP contribution in [0.1, 0.15) is 23.8 Å². The maximum Gasteiger partial charge on any atom is 0.263 e. The van der Waals surface area contributed by atoms with Crippen LogP contribution in [-0.2, 0) is 19.4 Å². The topological polar surface area (TPSA) is 34.9 Å². The Hall–Kier alpha value is -0.810. The van der Waals surface area contributed by atoms with Crippen molar-refractivity contribution in [2.45, 2.75) is 43.1 Å². The molecule has 1 aliphatic heterocycles. The van der Waals surface area contributed by atoms with Gasteiger partial charge in [-0.05, 0) is 24.8 Å². The maximum absolute atomic E-state index is 12.5. The fourth-order valence-electron chi connectivity index (χ4n) is 2.78. The molecule has 2 aromatic rings. The molecule has 0 aromatic carbocycles. The molecule has 0 amide bonds. The third-order valence-electron chi connectivity index (χ3n) is 3.54. The van der Waals surface area contributed by atoms with Gasteiger partial charge in [0, 0.05) is 16.7 Å². The van der Waals surface area contributed by atoms with E-state index in [2.05, 4.69) is 11.9 Å². The van der Waals surface area contributed by atoms with Crippen LogP contribution in [0.2, 0.25) is 0 Å². The number of thioether (sulfide) groups is 1. The highest BCUT2D eigenvalue weighted by molar-refractivity contribution is 7.99. The molecular formula is C12H12N2OS2. The quantitative estimate of drug-likeness (QED) is 0.686. The molecule has 17 heavy (non-hydrogen) atoms. The van der Waals surface area contributed by atoms with E-state index in [0.29, 0.717) is 5.25 Å². The zero-order valence-corrected chi connectivity index (χ0v) is 11.2. The molecule has 0 radical (unpaired) electrons. The molecule has 0 unspecified atom stereocenters. The van der Waals surface area contributed by atoms with Crippen LogP contribution in [0.4, 0.5) is 0 Å². The molecule has 5 heteroatoms. The van der Waals surface area contributed by atoms with Gasteiger partial charge in [0.05, 0.1) is 5.39 Å². The Morgan fingerprint density at radius 1 is 1.41 bits per heavy atom. The molecular weight excluding hydrogens is 252 g/mol. The van der Waals surface area contributed by atoms with Crippen molar-refractivity contribution in [3.63, 3.8) is 0 Å². The number of aryl methyl sites for hydroxylation is 2. The fraction of sp³-hybridized carbons (Fsp3) is 0.500. The predicted molar refractivity (Wildman–Crippen MR) is 71.2 cm³/mol. The van der Waals surface area contributed by atoms with E-state index in [1.54, 1.807) is 23.1 Å². The zero-order chi connectivity index (χ0) is 11.6. The molecule has 0 saturated heterocycles. The Balaban J connectivity index is 2.10. The summed E-state index contributed by atoms with van der Waals surface area (Å²) in [5, 5.41) is 2.30. The average molecular weight is 264 g/mol. The molecule has 0 N–H and O–H groups in total. The molecule has 0 saturated carbocycles. The first kappa shape index (κ1) is 10.1. The van der Waals surface area contributed by atoms with Crippen molar-refractivity contribution in [3.8, 4) is 0 Å². The van der Waals surface area contributed by atoms with Gasteiger partial charge in [0.15, 0.2) is 5.16 Å². The highest BCUT2D eigenvalue weighted by atomic mass is 32.2. The number of aromatic nitrogens is 2. The van der Waals surface area contributed by atoms with Gasteiger partial charge in [-0.3, -0.25) is 9.36 Å². The molecule has 0 fully saturated rings. The molecule has 1 atom stereocenters. The number of fused-ring (bicyclic) bond motifs is 4. The van der Waals surface area contributed by atoms with Crippen LogP contribution in [0.5, 0.6) is 0 Å². The lowest BCUT2D eigenvalue weighted by Gasteiger charge is -2.01. The first-order valence-electron chi connectivity index (χ1n) is 5.96. The minimum absolute atomic E-state index is 0.196. The Kier molecular flexibility index (Phi) is 2.00. The second kappa shape index (κ2) is 3.36. The molecule has 4 rings (SSSR count). The lowest BCUT2D eigenvalue weighted by molar-refractivity contribution is 0.629. The Labute approximate surface area is 107 Å². The minimum atomic E-state index is 0.196. The van der Waals surface area contributed by atoms with Gasteiger partial charge < -0.3 is 0 Å². The van der Waals surface area contributed by atoms with Gasteiger partial charge in [0.25, 0.3) is 5.56 Å². The first-order valence-corrected chi connectivity index (χ1v) is 7.65. The Bertz CT molecular complexity index is 686. The number of nitrogens with zero attached hydrogens (tertiary/aromatic N) is 2. The molecule has 0 bridgehead atoms. The maximum atomic E-state index is 12.5. The van der Waals surface area contributed by atoms with Crippen molar-refractivity contribution in [2.75, 3.05) is 0 Å². The average Bonchev–Trinajstić information content (AvgIpc) is 2.90. The van der Waals surface area contributed by atoms with Gasteiger partial charge in [-0.2, -0.15) is 0 Å². The van der Waals surface area contributed by atoms with Gasteiger partial charge in [-0.25, -0.2) is 4.98 Å². The van der Waals surface area contributed by atoms with Crippen LogP contribution in [-0.4, -0.2) is 14.8 Å². The summed E-state index contributed by atoms with van der Waals surface area (Å²) in [5.41, 5.74) is 1.49. The van der Waals surface area contributed by atoms with Crippen LogP contribution < -0.4 is 5.56 Å². The van der Waals surface area contributed by atoms with E-state index < -0.39 is 0 Å². The van der Waals surface area contributed by atoms with E-state index in [0.717, 1.165) is 34.8 Å². The van der Waals surface area contributed by atoms with Gasteiger partial charge in [0.2, 0.25) is 0 Å². The molecule has 1 aliphatic carbocycles. The van der Waals surface area contributed by atoms with Crippen LogP contribution >= 0.6 is 23.1 Å². The molecule has 2 aromatic heterocycles. The fourth-order valence-corrected chi connectivity index (χ4v) is 5.11. The van der Waals surface area contributed by atoms with Crippen molar-refractivity contribution in [3.05, 3.63) is 20.8 Å². The van der Waals surface area contributed by atoms with E-state index in [-0.39, 0.29) is 5.56 Å². The lowest BCUT2D eigenvalue weighted by Crippen LogP contribution is -2.21. The van der Waals surface area contributed by atoms with Crippen LogP contribution in [0.25, 0.3) is 10.2 Å². The van der Waals surface area contributed by atoms with Crippen LogP contribution in [0.15, 0.2) is 9.95 Å². The van der Waals surface area contributed by atoms with Crippen molar-refractivity contribution >= 4 is 33.3 Å². The number of hydrogen-bond acceptors (Lipinski definition) is 4. The SMILES string of the molecule is C[C@@H]1Cn2c(nc3sc4c(c3c2=O)CCC4)S1. The van der Waals surface area contributed by atoms with Crippen molar-refractivity contribution in [2.24, 2.45) is 0 Å². The number of rotatable bonds is 0. The monoisotopic (exact) mass is 264 g/mol. The standard InChI is InChI=1S/C12H12N2OS2/c1-6-5-14-11(15)9-7-3-2-4-8(7)17-10(9)13-12(14)16-6/h6H,2-5H2,1H3/t6-/m1/s1. The van der Waals surface area contributed by atoms with E-state index in [1.165, 1.54) is 16.9 Å². The normalized spacial score (nSPS) is 22.1. The summed E-state index contributed by atoms with van der Waals surface area (Å²) in [6, 6.07) is 0. The summed E-state index contributed by atoms with van der Waals surface area (Å²) in [6.07, 6.45) is 3.40. The molecule has 2 aliphatic rings. The molecule has 3 heterocycles. The molecule has 3 nitrogen and oxygen atoms in total. The summed E-state index contributed by atoms with van der Waals surface area (Å²) < 4.78 is 1.86. The van der Waals surface area contributed by atoms with Crippen molar-refractivity contribution in [1.82, 2.24) is 9.55 Å². The highest BCUT2D eigenvalue weighted by Crippen LogP contribution is 2.37. The van der Waals surface area contributed by atoms with Crippen molar-refractivity contribution < 1.29 is 0 Å². The van der Waals surface area contributed by atoms with Gasteiger partial charge in [0.1, 0.15) is 4.83 Å². The number of thiophene rings is 1. The van der Waals surface area contributed by atoms with E-state index in [1.807, 2.05) is 4.57 Å². The van der Waals surface area contributed by atoms with Crippen molar-refractivity contribution in [1.29, 1.82) is 0 Å². The second-order valence-corrected chi connectivity index (χ2v) is 7.27. The minimum Gasteiger partial charge on any atom is -0.286 e. The van der Waals surface area contributed by atoms with E-state index >= 15 is 0 Å². The smallest absolute Gasteiger partial charge is 0.263 e. The van der Waals surface area contributed by atoms with Gasteiger partial charge in [-0.15, -0.1) is 11.3 Å². The summed E-state index contributed by atoms with van der Waals surface area (Å²) in [6.45, 7) is 2.96. The van der Waals surface area contributed by atoms with Gasteiger partial charge in [-0.1, -0.05) is 18.7 Å². The third-order valence-corrected chi connectivity index (χ3v) is 5.80. The summed E-state index contributed by atoms with van der Waals surface area (Å²) >= 11 is 3.45. The van der Waals surface area contributed by atoms with E-state index in [4.69, 9.17) is 0 Å². The lowest BCUT2D eigenvalue weighted by atomic mass is 10.2. The number of hydrogen-bond donors (Lipinski definition) is 0. The van der Waals surface area contributed by atoms with Crippen LogP contribution in [0.3, 0.4) is 0 Å². The molecule has 0 spiro atoms. The largest absolute Gasteiger partial charge is 0.286 e. The zero-order valence-electron chi connectivity index (χ0n) is 9.52. The first-order chi connectivity index (χ1) is 8.24. The predicted octanol–water partition coefficient (Wildman–Crippen LogP) is 2.44. The summed E-state index contributed by atoms with van der Waals surface area (Å²) in [5.74, 6) is 0. The van der Waals surface area contributed by atoms with Crippen LogP contribution in [0, 0.1) is 0 Å². The molecule has 88 valence electrons. The van der Waals surface area contributed by atoms with Gasteiger partial charge >= 0.3 is 0 Å². The Morgan fingerprint density at radius 3 is 3.18 bits per heavy atom.